The van der Waals surface area contributed by atoms with Crippen LogP contribution in [0.15, 0.2) is 81.6 Å². The fourth-order valence-corrected chi connectivity index (χ4v) is 4.59. The van der Waals surface area contributed by atoms with Gasteiger partial charge in [-0.3, -0.25) is 4.79 Å². The van der Waals surface area contributed by atoms with Crippen LogP contribution in [-0.4, -0.2) is 11.8 Å². The third-order valence-corrected chi connectivity index (χ3v) is 6.15. The highest BCUT2D eigenvalue weighted by atomic mass is 79.9. The molecule has 0 saturated carbocycles. The van der Waals surface area contributed by atoms with Gasteiger partial charge in [-0.15, -0.1) is 0 Å². The monoisotopic (exact) mass is 451 g/mol. The number of hydrogen-bond acceptors (Lipinski definition) is 4. The molecule has 2 aromatic carbocycles. The number of Topliss-reactive ketones (excluding diaryl/α,β-unsaturated/α-hetero) is 1. The Kier molecular flexibility index (Phi) is 5.67. The van der Waals surface area contributed by atoms with Gasteiger partial charge in [-0.2, -0.15) is 0 Å². The molecule has 4 nitrogen and oxygen atoms in total. The topological polar surface area (TPSA) is 55.4 Å². The van der Waals surface area contributed by atoms with Gasteiger partial charge < -0.3 is 10.1 Å². The molecule has 29 heavy (non-hydrogen) atoms. The van der Waals surface area contributed by atoms with Crippen LogP contribution in [0.5, 0.6) is 0 Å². The van der Waals surface area contributed by atoms with Crippen molar-refractivity contribution < 1.29 is 14.3 Å². The molecule has 0 amide bonds. The van der Waals surface area contributed by atoms with Crippen molar-refractivity contribution in [1.82, 2.24) is 5.32 Å². The lowest BCUT2D eigenvalue weighted by molar-refractivity contribution is -0.140. The van der Waals surface area contributed by atoms with E-state index in [2.05, 4.69) is 21.2 Å². The van der Waals surface area contributed by atoms with Gasteiger partial charge in [-0.1, -0.05) is 64.5 Å². The first-order chi connectivity index (χ1) is 14.1. The first-order valence-corrected chi connectivity index (χ1v) is 10.5. The normalized spacial score (nSPS) is 19.0. The van der Waals surface area contributed by atoms with Crippen molar-refractivity contribution in [3.8, 4) is 0 Å². The molecule has 1 atom stereocenters. The maximum Gasteiger partial charge on any atom is 0.337 e. The van der Waals surface area contributed by atoms with Crippen molar-refractivity contribution in [1.29, 1.82) is 0 Å². The highest BCUT2D eigenvalue weighted by Gasteiger charge is 2.39. The number of hydrogen-bond donors (Lipinski definition) is 1. The standard InChI is InChI=1S/C24H22BrNO3/c1-15-21(24(28)29-14-16-8-3-2-4-9-16)22(17-10-5-6-11-18(17)25)23-19(26-15)12-7-13-20(23)27/h2-6,8-11,22,26H,7,12-14H2,1H3. The van der Waals surface area contributed by atoms with Crippen LogP contribution in [0.3, 0.4) is 0 Å². The van der Waals surface area contributed by atoms with Crippen LogP contribution in [0, 0.1) is 0 Å². The molecule has 1 aliphatic heterocycles. The van der Waals surface area contributed by atoms with E-state index >= 15 is 0 Å². The smallest absolute Gasteiger partial charge is 0.337 e. The molecule has 1 aliphatic carbocycles. The van der Waals surface area contributed by atoms with Crippen LogP contribution in [0.4, 0.5) is 0 Å². The summed E-state index contributed by atoms with van der Waals surface area (Å²) in [5, 5.41) is 3.32. The number of ether oxygens (including phenoxy) is 1. The number of dihydropyridines is 1. The van der Waals surface area contributed by atoms with E-state index in [1.807, 2.05) is 61.5 Å². The van der Waals surface area contributed by atoms with Gasteiger partial charge in [-0.25, -0.2) is 4.79 Å². The third kappa shape index (κ3) is 3.92. The number of carbonyl (C=O) groups is 2. The first kappa shape index (κ1) is 19.6. The Morgan fingerprint density at radius 1 is 1.10 bits per heavy atom. The van der Waals surface area contributed by atoms with Gasteiger partial charge in [0.05, 0.1) is 5.57 Å². The molecule has 4 rings (SSSR count). The Morgan fingerprint density at radius 3 is 2.59 bits per heavy atom. The average Bonchev–Trinajstić information content (AvgIpc) is 2.72. The SMILES string of the molecule is CC1=C(C(=O)OCc2ccccc2)C(c2ccccc2Br)C2=C(CCCC2=O)N1. The lowest BCUT2D eigenvalue weighted by Crippen LogP contribution is -2.34. The Bertz CT molecular complexity index is 1020. The fraction of sp³-hybridized carbons (Fsp3) is 0.250. The molecule has 148 valence electrons. The second kappa shape index (κ2) is 8.37. The minimum absolute atomic E-state index is 0.0976. The van der Waals surface area contributed by atoms with Gasteiger partial charge in [0.1, 0.15) is 6.61 Å². The van der Waals surface area contributed by atoms with E-state index in [0.717, 1.165) is 39.8 Å². The lowest BCUT2D eigenvalue weighted by atomic mass is 9.75. The minimum atomic E-state index is -0.433. The quantitative estimate of drug-likeness (QED) is 0.652. The Hall–Kier alpha value is -2.66. The maximum atomic E-state index is 13.2. The van der Waals surface area contributed by atoms with Gasteiger partial charge in [0.15, 0.2) is 5.78 Å². The summed E-state index contributed by atoms with van der Waals surface area (Å²) in [7, 11) is 0. The molecule has 1 unspecified atom stereocenters. The van der Waals surface area contributed by atoms with Crippen LogP contribution in [0.1, 0.15) is 43.2 Å². The number of halogens is 1. The second-order valence-corrected chi connectivity index (χ2v) is 8.20. The molecule has 0 aromatic heterocycles. The van der Waals surface area contributed by atoms with Gasteiger partial charge >= 0.3 is 5.97 Å². The highest BCUT2D eigenvalue weighted by molar-refractivity contribution is 9.10. The molecule has 0 fully saturated rings. The molecule has 0 radical (unpaired) electrons. The van der Waals surface area contributed by atoms with E-state index in [1.54, 1.807) is 0 Å². The average molecular weight is 452 g/mol. The molecule has 1 N–H and O–H groups in total. The Morgan fingerprint density at radius 2 is 1.83 bits per heavy atom. The number of esters is 1. The molecule has 0 saturated heterocycles. The van der Waals surface area contributed by atoms with E-state index in [1.165, 1.54) is 0 Å². The van der Waals surface area contributed by atoms with Crippen molar-refractivity contribution >= 4 is 27.7 Å². The zero-order valence-corrected chi connectivity index (χ0v) is 17.8. The molecule has 2 aromatic rings. The molecule has 5 heteroatoms. The predicted octanol–water partition coefficient (Wildman–Crippen LogP) is 5.16. The fourth-order valence-electron chi connectivity index (χ4n) is 4.07. The van der Waals surface area contributed by atoms with Crippen molar-refractivity contribution in [3.05, 3.63) is 92.7 Å². The van der Waals surface area contributed by atoms with Crippen molar-refractivity contribution in [3.63, 3.8) is 0 Å². The summed E-state index contributed by atoms with van der Waals surface area (Å²) in [6, 6.07) is 17.4. The zero-order chi connectivity index (χ0) is 20.4. The highest BCUT2D eigenvalue weighted by Crippen LogP contribution is 2.44. The summed E-state index contributed by atoms with van der Waals surface area (Å²) in [6.07, 6.45) is 2.15. The van der Waals surface area contributed by atoms with E-state index < -0.39 is 11.9 Å². The van der Waals surface area contributed by atoms with Crippen molar-refractivity contribution in [2.24, 2.45) is 0 Å². The van der Waals surface area contributed by atoms with Gasteiger partial charge in [0, 0.05) is 33.8 Å². The number of benzene rings is 2. The van der Waals surface area contributed by atoms with Crippen LogP contribution >= 0.6 is 15.9 Å². The summed E-state index contributed by atoms with van der Waals surface area (Å²) in [6.45, 7) is 2.07. The summed E-state index contributed by atoms with van der Waals surface area (Å²) in [4.78, 5) is 26.1. The van der Waals surface area contributed by atoms with Crippen molar-refractivity contribution in [2.75, 3.05) is 0 Å². The summed E-state index contributed by atoms with van der Waals surface area (Å²) in [5.41, 5.74) is 4.70. The number of allylic oxidation sites excluding steroid dienone is 3. The van der Waals surface area contributed by atoms with Crippen LogP contribution in [-0.2, 0) is 20.9 Å². The lowest BCUT2D eigenvalue weighted by Gasteiger charge is -2.34. The number of nitrogens with one attached hydrogen (secondary N) is 1. The number of carbonyl (C=O) groups excluding carboxylic acids is 2. The number of rotatable bonds is 4. The van der Waals surface area contributed by atoms with E-state index in [9.17, 15) is 9.59 Å². The summed E-state index contributed by atoms with van der Waals surface area (Å²) < 4.78 is 6.53. The molecule has 0 bridgehead atoms. The second-order valence-electron chi connectivity index (χ2n) is 7.35. The molecule has 2 aliphatic rings. The molecular formula is C24H22BrNO3. The Labute approximate surface area is 178 Å². The van der Waals surface area contributed by atoms with Crippen LogP contribution in [0.25, 0.3) is 0 Å². The van der Waals surface area contributed by atoms with Crippen LogP contribution < -0.4 is 5.32 Å². The maximum absolute atomic E-state index is 13.2. The van der Waals surface area contributed by atoms with E-state index in [0.29, 0.717) is 17.6 Å². The van der Waals surface area contributed by atoms with E-state index in [4.69, 9.17) is 4.74 Å². The van der Waals surface area contributed by atoms with E-state index in [-0.39, 0.29) is 12.4 Å². The van der Waals surface area contributed by atoms with Gasteiger partial charge in [0.2, 0.25) is 0 Å². The van der Waals surface area contributed by atoms with Crippen molar-refractivity contribution in [2.45, 2.75) is 38.7 Å². The minimum Gasteiger partial charge on any atom is -0.457 e. The summed E-state index contributed by atoms with van der Waals surface area (Å²) >= 11 is 3.61. The molecule has 1 heterocycles. The molecule has 0 spiro atoms. The Balaban J connectivity index is 1.73. The zero-order valence-electron chi connectivity index (χ0n) is 16.2. The number of ketones is 1. The predicted molar refractivity (Wildman–Crippen MR) is 115 cm³/mol. The molecular weight excluding hydrogens is 430 g/mol. The van der Waals surface area contributed by atoms with Gasteiger partial charge in [-0.05, 0) is 37.0 Å². The first-order valence-electron chi connectivity index (χ1n) is 9.75. The third-order valence-electron chi connectivity index (χ3n) is 5.42. The van der Waals surface area contributed by atoms with Crippen LogP contribution in [0.2, 0.25) is 0 Å². The largest absolute Gasteiger partial charge is 0.457 e. The summed E-state index contributed by atoms with van der Waals surface area (Å²) in [5.74, 6) is -0.734. The van der Waals surface area contributed by atoms with Gasteiger partial charge in [0.25, 0.3) is 0 Å².